The van der Waals surface area contributed by atoms with Crippen molar-refractivity contribution in [3.63, 3.8) is 0 Å². The molecule has 0 aromatic heterocycles. The molecule has 0 N–H and O–H groups in total. The van der Waals surface area contributed by atoms with Gasteiger partial charge in [0.2, 0.25) is 0 Å². The molecule has 0 radical (unpaired) electrons. The Morgan fingerprint density at radius 2 is 0.977 bits per heavy atom. The van der Waals surface area contributed by atoms with Crippen LogP contribution in [0.2, 0.25) is 13.1 Å². The van der Waals surface area contributed by atoms with Crippen LogP contribution in [-0.2, 0) is 37.3 Å². The van der Waals surface area contributed by atoms with Crippen LogP contribution < -0.4 is 0 Å². The third kappa shape index (κ3) is 5.25. The molecule has 0 aliphatic heterocycles. The molecular weight excluding hydrogens is 711 g/mol. The van der Waals surface area contributed by atoms with Gasteiger partial charge in [-0.05, 0) is 0 Å². The molecule has 0 saturated heterocycles. The summed E-state index contributed by atoms with van der Waals surface area (Å²) in [5.74, 6) is -1.58. The molecule has 4 aromatic rings. The van der Waals surface area contributed by atoms with E-state index in [0.717, 1.165) is 0 Å². The van der Waals surface area contributed by atoms with E-state index >= 15 is 0 Å². The molecule has 44 heavy (non-hydrogen) atoms. The molecule has 0 bridgehead atoms. The van der Waals surface area contributed by atoms with E-state index in [9.17, 15) is 0 Å². The molecule has 0 fully saturated rings. The SMILES string of the molecule is CC1=Cc2c(-c3cccc([S+](C)C)c3)cccc2[CH]1[Zr]([Cl])([Cl])([CH]1C(C)=Cc2c(-c3cccc([S+](C)C)c3)cccc21)[SiH](C)C. The van der Waals surface area contributed by atoms with Crippen LogP contribution >= 0.6 is 17.0 Å². The minimum absolute atomic E-state index is 0.102. The Balaban J connectivity index is 1.52. The molecule has 227 valence electrons. The molecule has 2 aliphatic rings. The van der Waals surface area contributed by atoms with Gasteiger partial charge in [0.25, 0.3) is 0 Å². The van der Waals surface area contributed by atoms with Crippen LogP contribution in [0.15, 0.2) is 106 Å². The fourth-order valence-electron chi connectivity index (χ4n) is 7.74. The molecule has 2 atom stereocenters. The van der Waals surface area contributed by atoms with Gasteiger partial charge in [-0.15, -0.1) is 0 Å². The zero-order valence-electron chi connectivity index (χ0n) is 27.0. The van der Waals surface area contributed by atoms with E-state index in [2.05, 4.69) is 149 Å². The minimum atomic E-state index is -4.71. The molecule has 6 rings (SSSR count). The monoisotopic (exact) mass is 751 g/mol. The van der Waals surface area contributed by atoms with Crippen molar-refractivity contribution in [3.8, 4) is 22.3 Å². The average molecular weight is 754 g/mol. The van der Waals surface area contributed by atoms with Crippen LogP contribution in [0.5, 0.6) is 0 Å². The van der Waals surface area contributed by atoms with Crippen LogP contribution in [0.4, 0.5) is 0 Å². The Morgan fingerprint density at radius 1 is 0.591 bits per heavy atom. The molecule has 4 aromatic carbocycles. The summed E-state index contributed by atoms with van der Waals surface area (Å²) in [5.41, 5.74) is 13.1. The Hall–Kier alpha value is -1.26. The van der Waals surface area contributed by atoms with Gasteiger partial charge in [-0.2, -0.15) is 0 Å². The summed E-state index contributed by atoms with van der Waals surface area (Å²) in [6.07, 6.45) is 14.0. The van der Waals surface area contributed by atoms with E-state index in [1.807, 2.05) is 0 Å². The predicted molar refractivity (Wildman–Crippen MR) is 202 cm³/mol. The predicted octanol–water partition coefficient (Wildman–Crippen LogP) is 11.1. The van der Waals surface area contributed by atoms with Gasteiger partial charge in [-0.1, -0.05) is 0 Å². The zero-order chi connectivity index (χ0) is 31.6. The molecule has 6 heteroatoms. The molecule has 2 aliphatic carbocycles. The number of rotatable bonds is 7. The third-order valence-corrected chi connectivity index (χ3v) is 64.7. The van der Waals surface area contributed by atoms with Gasteiger partial charge in [0.05, 0.1) is 0 Å². The second-order valence-electron chi connectivity index (χ2n) is 13.3. The summed E-state index contributed by atoms with van der Waals surface area (Å²) in [6.45, 7) is 9.43. The first kappa shape index (κ1) is 32.7. The van der Waals surface area contributed by atoms with Crippen LogP contribution in [0.3, 0.4) is 0 Å². The molecule has 0 heterocycles. The Kier molecular flexibility index (Phi) is 8.97. The van der Waals surface area contributed by atoms with Crippen LogP contribution in [0.25, 0.3) is 34.4 Å². The maximum absolute atomic E-state index is 8.48. The Labute approximate surface area is 279 Å². The number of halogens is 2. The molecule has 0 nitrogen and oxygen atoms in total. The van der Waals surface area contributed by atoms with Crippen molar-refractivity contribution in [3.05, 3.63) is 118 Å². The summed E-state index contributed by atoms with van der Waals surface area (Å²) in [4.78, 5) is 2.78. The Morgan fingerprint density at radius 3 is 1.34 bits per heavy atom. The molecule has 2 unspecified atom stereocenters. The first-order valence-electron chi connectivity index (χ1n) is 15.4. The van der Waals surface area contributed by atoms with Crippen LogP contribution in [-0.4, -0.2) is 30.9 Å². The number of fused-ring (bicyclic) bond motifs is 2. The number of hydrogen-bond donors (Lipinski definition) is 0. The van der Waals surface area contributed by atoms with Crippen molar-refractivity contribution in [1.29, 1.82) is 0 Å². The number of benzene rings is 4. The molecule has 0 amide bonds. The third-order valence-electron chi connectivity index (χ3n) is 10.00. The fraction of sp³-hybridized carbons (Fsp3) is 0.263. The summed E-state index contributed by atoms with van der Waals surface area (Å²) in [7, 11) is 17.4. The van der Waals surface area contributed by atoms with E-state index in [1.165, 1.54) is 65.4 Å². The van der Waals surface area contributed by atoms with E-state index in [4.69, 9.17) is 17.0 Å². The summed E-state index contributed by atoms with van der Waals surface area (Å²) in [5, 5.41) is 0. The molecule has 0 spiro atoms. The summed E-state index contributed by atoms with van der Waals surface area (Å²) in [6, 6.07) is 31.8. The van der Waals surface area contributed by atoms with Gasteiger partial charge in [-0.25, -0.2) is 0 Å². The zero-order valence-corrected chi connectivity index (χ0v) is 33.8. The Bertz CT molecular complexity index is 1710. The summed E-state index contributed by atoms with van der Waals surface area (Å²) >= 11 is -4.71. The van der Waals surface area contributed by atoms with Gasteiger partial charge in [0, 0.05) is 0 Å². The van der Waals surface area contributed by atoms with E-state index in [-0.39, 0.29) is 29.0 Å². The number of allylic oxidation sites excluding steroid dienone is 2. The quantitative estimate of drug-likeness (QED) is 0.130. The topological polar surface area (TPSA) is 0 Å². The van der Waals surface area contributed by atoms with Crippen LogP contribution in [0, 0.1) is 0 Å². The second kappa shape index (κ2) is 12.1. The van der Waals surface area contributed by atoms with Gasteiger partial charge >= 0.3 is 282 Å². The van der Waals surface area contributed by atoms with Gasteiger partial charge in [0.15, 0.2) is 0 Å². The van der Waals surface area contributed by atoms with Crippen molar-refractivity contribution in [2.75, 3.05) is 25.0 Å². The van der Waals surface area contributed by atoms with E-state index < -0.39 is 21.5 Å². The second-order valence-corrected chi connectivity index (χ2v) is 60.0. The van der Waals surface area contributed by atoms with Gasteiger partial charge in [0.1, 0.15) is 0 Å². The van der Waals surface area contributed by atoms with Crippen molar-refractivity contribution >= 4 is 56.9 Å². The van der Waals surface area contributed by atoms with Gasteiger partial charge in [-0.3, -0.25) is 0 Å². The van der Waals surface area contributed by atoms with Crippen LogP contribution in [0.1, 0.15) is 43.4 Å². The fourth-order valence-corrected chi connectivity index (χ4v) is 42.1. The van der Waals surface area contributed by atoms with Crippen molar-refractivity contribution in [2.24, 2.45) is 0 Å². The normalized spacial score (nSPS) is 18.7. The van der Waals surface area contributed by atoms with E-state index in [1.54, 1.807) is 0 Å². The number of hydrogen-bond acceptors (Lipinski definition) is 0. The average Bonchev–Trinajstić information content (AvgIpc) is 3.53. The maximum atomic E-state index is 8.48. The molecular formula is C38H43Cl2S2SiZr+2. The van der Waals surface area contributed by atoms with Crippen molar-refractivity contribution in [2.45, 2.75) is 44.0 Å². The van der Waals surface area contributed by atoms with E-state index in [0.29, 0.717) is 0 Å². The van der Waals surface area contributed by atoms with Crippen molar-refractivity contribution < 1.29 is 15.6 Å². The van der Waals surface area contributed by atoms with Gasteiger partial charge < -0.3 is 0 Å². The first-order chi connectivity index (χ1) is 20.8. The standard InChI is InChI=1S/2C18H18S.C2H7Si.2ClH.Zr/c2*1-13-10-14-7-5-9-17(18(14)11-13)15-6-4-8-16(12-15)19(2)3;1-3-2;;;/h2*4-12H,1-3H3;3H,1-2H3;2*1H;/q2*+1;;;;+2/p-2. The molecule has 0 saturated carbocycles. The first-order valence-corrected chi connectivity index (χ1v) is 35.8. The van der Waals surface area contributed by atoms with Crippen molar-refractivity contribution in [1.82, 2.24) is 0 Å². The summed E-state index contributed by atoms with van der Waals surface area (Å²) < 4.78 is 0.204.